The Morgan fingerprint density at radius 2 is 1.78 bits per heavy atom. The maximum absolute atomic E-state index is 12.4. The van der Waals surface area contributed by atoms with Crippen molar-refractivity contribution in [2.45, 2.75) is 46.1 Å². The van der Waals surface area contributed by atoms with Crippen LogP contribution in [0.1, 0.15) is 54.1 Å². The number of hydrogen-bond acceptors (Lipinski definition) is 4. The summed E-state index contributed by atoms with van der Waals surface area (Å²) in [5.74, 6) is 1.66. The fraction of sp³-hybridized carbons (Fsp3) is 0.421. The zero-order valence-electron chi connectivity index (χ0n) is 14.3. The molecule has 0 bridgehead atoms. The number of methoxy groups -OCH3 is 1. The Morgan fingerprint density at radius 3 is 2.30 bits per heavy atom. The highest BCUT2D eigenvalue weighted by atomic mass is 16.5. The standard InChI is InChI=1S/C19H24O4/c1-6-16-11(2)17(20)12(3)19(23-16)13(4)18(21)14-7-9-15(22-5)10-8-14/h7-10,13,18,21H,6H2,1-5H3/t13-,18+/m0/s1. The van der Waals surface area contributed by atoms with Crippen LogP contribution in [0.3, 0.4) is 0 Å². The smallest absolute Gasteiger partial charge is 0.191 e. The molecule has 124 valence electrons. The van der Waals surface area contributed by atoms with Crippen LogP contribution in [0.4, 0.5) is 0 Å². The molecule has 0 aliphatic carbocycles. The average molecular weight is 316 g/mol. The predicted octanol–water partition coefficient (Wildman–Crippen LogP) is 3.66. The molecule has 1 aromatic carbocycles. The Balaban J connectivity index is 2.40. The summed E-state index contributed by atoms with van der Waals surface area (Å²) in [5.41, 5.74) is 1.98. The van der Waals surface area contributed by atoms with Crippen LogP contribution in [-0.2, 0) is 6.42 Å². The topological polar surface area (TPSA) is 59.7 Å². The zero-order valence-corrected chi connectivity index (χ0v) is 14.3. The van der Waals surface area contributed by atoms with Gasteiger partial charge in [0.05, 0.1) is 13.2 Å². The van der Waals surface area contributed by atoms with Crippen molar-refractivity contribution < 1.29 is 14.3 Å². The second-order valence-corrected chi connectivity index (χ2v) is 5.83. The Bertz CT molecular complexity index is 728. The Kier molecular flexibility index (Phi) is 5.26. The highest BCUT2D eigenvalue weighted by Crippen LogP contribution is 2.33. The average Bonchev–Trinajstić information content (AvgIpc) is 2.59. The molecule has 23 heavy (non-hydrogen) atoms. The van der Waals surface area contributed by atoms with Crippen molar-refractivity contribution >= 4 is 0 Å². The Morgan fingerprint density at radius 1 is 1.17 bits per heavy atom. The minimum atomic E-state index is -0.754. The quantitative estimate of drug-likeness (QED) is 0.914. The molecule has 0 spiro atoms. The molecular formula is C19H24O4. The summed E-state index contributed by atoms with van der Waals surface area (Å²) in [4.78, 5) is 12.4. The molecule has 0 unspecified atom stereocenters. The van der Waals surface area contributed by atoms with Gasteiger partial charge < -0.3 is 14.3 Å². The normalized spacial score (nSPS) is 13.7. The van der Waals surface area contributed by atoms with E-state index in [1.54, 1.807) is 33.1 Å². The Labute approximate surface area is 136 Å². The van der Waals surface area contributed by atoms with Gasteiger partial charge in [0.1, 0.15) is 17.3 Å². The van der Waals surface area contributed by atoms with E-state index in [1.807, 2.05) is 26.0 Å². The van der Waals surface area contributed by atoms with Crippen LogP contribution in [0.5, 0.6) is 5.75 Å². The predicted molar refractivity (Wildman–Crippen MR) is 90.2 cm³/mol. The first-order valence-electron chi connectivity index (χ1n) is 7.85. The fourth-order valence-electron chi connectivity index (χ4n) is 2.81. The molecule has 2 rings (SSSR count). The van der Waals surface area contributed by atoms with Gasteiger partial charge in [-0.2, -0.15) is 0 Å². The van der Waals surface area contributed by atoms with Gasteiger partial charge in [0.25, 0.3) is 0 Å². The van der Waals surface area contributed by atoms with Crippen molar-refractivity contribution in [1.29, 1.82) is 0 Å². The minimum Gasteiger partial charge on any atom is -0.497 e. The molecule has 2 atom stereocenters. The van der Waals surface area contributed by atoms with Gasteiger partial charge in [-0.3, -0.25) is 4.79 Å². The molecule has 0 fully saturated rings. The third kappa shape index (κ3) is 3.32. The lowest BCUT2D eigenvalue weighted by Crippen LogP contribution is -2.18. The largest absolute Gasteiger partial charge is 0.497 e. The number of aliphatic hydroxyl groups excluding tert-OH is 1. The molecule has 0 aliphatic rings. The lowest BCUT2D eigenvalue weighted by atomic mass is 9.92. The van der Waals surface area contributed by atoms with Crippen LogP contribution in [0, 0.1) is 13.8 Å². The summed E-state index contributed by atoms with van der Waals surface area (Å²) >= 11 is 0. The molecule has 4 nitrogen and oxygen atoms in total. The van der Waals surface area contributed by atoms with Crippen LogP contribution < -0.4 is 10.2 Å². The van der Waals surface area contributed by atoms with Crippen molar-refractivity contribution in [3.05, 3.63) is 62.7 Å². The number of ether oxygens (including phenoxy) is 1. The molecule has 1 N–H and O–H groups in total. The molecule has 0 saturated heterocycles. The van der Waals surface area contributed by atoms with Crippen LogP contribution >= 0.6 is 0 Å². The summed E-state index contributed by atoms with van der Waals surface area (Å²) in [5, 5.41) is 10.7. The Hall–Kier alpha value is -2.07. The van der Waals surface area contributed by atoms with E-state index in [1.165, 1.54) is 0 Å². The van der Waals surface area contributed by atoms with E-state index >= 15 is 0 Å². The van der Waals surface area contributed by atoms with E-state index < -0.39 is 6.10 Å². The van der Waals surface area contributed by atoms with Gasteiger partial charge in [0.15, 0.2) is 5.43 Å². The van der Waals surface area contributed by atoms with E-state index in [9.17, 15) is 9.90 Å². The third-order valence-electron chi connectivity index (χ3n) is 4.37. The van der Waals surface area contributed by atoms with Gasteiger partial charge in [0, 0.05) is 23.5 Å². The van der Waals surface area contributed by atoms with E-state index in [4.69, 9.17) is 9.15 Å². The first kappa shape index (κ1) is 17.3. The monoisotopic (exact) mass is 316 g/mol. The van der Waals surface area contributed by atoms with Crippen molar-refractivity contribution in [1.82, 2.24) is 0 Å². The third-order valence-corrected chi connectivity index (χ3v) is 4.37. The van der Waals surface area contributed by atoms with Crippen molar-refractivity contribution in [2.24, 2.45) is 0 Å². The van der Waals surface area contributed by atoms with Gasteiger partial charge >= 0.3 is 0 Å². The van der Waals surface area contributed by atoms with Gasteiger partial charge in [-0.1, -0.05) is 26.0 Å². The lowest BCUT2D eigenvalue weighted by molar-refractivity contribution is 0.139. The van der Waals surface area contributed by atoms with Crippen molar-refractivity contribution in [3.63, 3.8) is 0 Å². The lowest BCUT2D eigenvalue weighted by Gasteiger charge is -2.21. The second kappa shape index (κ2) is 7.01. The van der Waals surface area contributed by atoms with Gasteiger partial charge in [-0.25, -0.2) is 0 Å². The number of aryl methyl sites for hydroxylation is 1. The maximum Gasteiger partial charge on any atom is 0.191 e. The summed E-state index contributed by atoms with van der Waals surface area (Å²) in [6.07, 6.45) is -0.102. The molecule has 0 amide bonds. The van der Waals surface area contributed by atoms with Gasteiger partial charge in [-0.05, 0) is 31.5 Å². The van der Waals surface area contributed by atoms with E-state index in [-0.39, 0.29) is 11.3 Å². The summed E-state index contributed by atoms with van der Waals surface area (Å²) in [6.45, 7) is 7.36. The highest BCUT2D eigenvalue weighted by Gasteiger charge is 2.25. The zero-order chi connectivity index (χ0) is 17.1. The van der Waals surface area contributed by atoms with Crippen LogP contribution in [0.2, 0.25) is 0 Å². The van der Waals surface area contributed by atoms with Gasteiger partial charge in [-0.15, -0.1) is 0 Å². The molecule has 0 radical (unpaired) electrons. The SMILES string of the molecule is CCc1oc([C@@H](C)[C@@H](O)c2ccc(OC)cc2)c(C)c(=O)c1C. The van der Waals surface area contributed by atoms with E-state index in [2.05, 4.69) is 0 Å². The molecule has 1 heterocycles. The summed E-state index contributed by atoms with van der Waals surface area (Å²) in [6, 6.07) is 7.26. The van der Waals surface area contributed by atoms with E-state index in [0.29, 0.717) is 29.1 Å². The summed E-state index contributed by atoms with van der Waals surface area (Å²) < 4.78 is 11.1. The van der Waals surface area contributed by atoms with Crippen LogP contribution in [-0.4, -0.2) is 12.2 Å². The van der Waals surface area contributed by atoms with Crippen molar-refractivity contribution in [2.75, 3.05) is 7.11 Å². The number of hydrogen-bond donors (Lipinski definition) is 1. The number of rotatable bonds is 5. The molecule has 0 saturated carbocycles. The maximum atomic E-state index is 12.4. The number of benzene rings is 1. The number of aliphatic hydroxyl groups is 1. The van der Waals surface area contributed by atoms with Crippen LogP contribution in [0.15, 0.2) is 33.5 Å². The highest BCUT2D eigenvalue weighted by molar-refractivity contribution is 5.32. The first-order valence-corrected chi connectivity index (χ1v) is 7.85. The molecular weight excluding hydrogens is 292 g/mol. The summed E-state index contributed by atoms with van der Waals surface area (Å²) in [7, 11) is 1.60. The molecule has 4 heteroatoms. The minimum absolute atomic E-state index is 0.00289. The fourth-order valence-corrected chi connectivity index (χ4v) is 2.81. The second-order valence-electron chi connectivity index (χ2n) is 5.83. The first-order chi connectivity index (χ1) is 10.9. The van der Waals surface area contributed by atoms with E-state index in [0.717, 1.165) is 11.3 Å². The van der Waals surface area contributed by atoms with Gasteiger partial charge in [0.2, 0.25) is 0 Å². The van der Waals surface area contributed by atoms with Crippen LogP contribution in [0.25, 0.3) is 0 Å². The molecule has 1 aromatic heterocycles. The molecule has 0 aliphatic heterocycles. The molecule has 2 aromatic rings. The van der Waals surface area contributed by atoms with Crippen molar-refractivity contribution in [3.8, 4) is 5.75 Å².